The summed E-state index contributed by atoms with van der Waals surface area (Å²) in [4.78, 5) is 24.9. The summed E-state index contributed by atoms with van der Waals surface area (Å²) < 4.78 is 15.5. The Balaban J connectivity index is 1.49. The minimum absolute atomic E-state index is 0.151. The van der Waals surface area contributed by atoms with Crippen LogP contribution in [0.15, 0.2) is 47.4 Å². The molecule has 0 bridgehead atoms. The second-order valence-corrected chi connectivity index (χ2v) is 6.22. The van der Waals surface area contributed by atoms with Gasteiger partial charge in [-0.15, -0.1) is 11.8 Å². The summed E-state index contributed by atoms with van der Waals surface area (Å²) in [5.41, 5.74) is 1.53. The zero-order valence-corrected chi connectivity index (χ0v) is 13.9. The molecule has 0 atom stereocenters. The molecule has 1 heterocycles. The number of hydrogen-bond donors (Lipinski definition) is 0. The third-order valence-corrected chi connectivity index (χ3v) is 4.65. The molecular formula is C18H16O5S. The van der Waals surface area contributed by atoms with Crippen LogP contribution in [0.25, 0.3) is 0 Å². The van der Waals surface area contributed by atoms with E-state index in [4.69, 9.17) is 14.2 Å². The van der Waals surface area contributed by atoms with Crippen molar-refractivity contribution in [3.63, 3.8) is 0 Å². The van der Waals surface area contributed by atoms with Gasteiger partial charge in [-0.3, -0.25) is 9.59 Å². The van der Waals surface area contributed by atoms with Crippen molar-refractivity contribution in [2.75, 3.05) is 19.2 Å². The van der Waals surface area contributed by atoms with Crippen molar-refractivity contribution in [1.82, 2.24) is 0 Å². The maximum absolute atomic E-state index is 12.1. The van der Waals surface area contributed by atoms with Gasteiger partial charge in [0.25, 0.3) is 0 Å². The van der Waals surface area contributed by atoms with E-state index < -0.39 is 5.97 Å². The smallest absolute Gasteiger partial charge is 0.316 e. The predicted octanol–water partition coefficient (Wildman–Crippen LogP) is 3.24. The van der Waals surface area contributed by atoms with Crippen LogP contribution >= 0.6 is 11.8 Å². The Morgan fingerprint density at radius 3 is 2.75 bits per heavy atom. The summed E-state index contributed by atoms with van der Waals surface area (Å²) in [5, 5.41) is 0. The maximum Gasteiger partial charge on any atom is 0.316 e. The summed E-state index contributed by atoms with van der Waals surface area (Å²) in [6, 6.07) is 12.7. The van der Waals surface area contributed by atoms with Gasteiger partial charge < -0.3 is 14.2 Å². The average Bonchev–Trinajstić information content (AvgIpc) is 3.06. The fraction of sp³-hybridized carbons (Fsp3) is 0.222. The molecule has 6 heteroatoms. The number of hydrogen-bond acceptors (Lipinski definition) is 6. The average molecular weight is 344 g/mol. The molecule has 0 spiro atoms. The molecule has 24 heavy (non-hydrogen) atoms. The molecular weight excluding hydrogens is 328 g/mol. The van der Waals surface area contributed by atoms with E-state index in [0.29, 0.717) is 17.1 Å². The SMILES string of the molecule is Cc1ccccc1SCC(=O)OCC(=O)c1ccc2c(c1)OCO2. The van der Waals surface area contributed by atoms with E-state index in [1.165, 1.54) is 11.8 Å². The van der Waals surface area contributed by atoms with Gasteiger partial charge in [-0.25, -0.2) is 0 Å². The van der Waals surface area contributed by atoms with E-state index >= 15 is 0 Å². The first kappa shape index (κ1) is 16.4. The number of ketones is 1. The molecule has 1 aliphatic rings. The van der Waals surface area contributed by atoms with Gasteiger partial charge in [-0.05, 0) is 36.8 Å². The van der Waals surface area contributed by atoms with Gasteiger partial charge in [-0.1, -0.05) is 18.2 Å². The Hall–Kier alpha value is -2.47. The van der Waals surface area contributed by atoms with Crippen molar-refractivity contribution < 1.29 is 23.8 Å². The first-order valence-electron chi connectivity index (χ1n) is 7.40. The van der Waals surface area contributed by atoms with Crippen LogP contribution in [0.4, 0.5) is 0 Å². The summed E-state index contributed by atoms with van der Waals surface area (Å²) in [6.07, 6.45) is 0. The van der Waals surface area contributed by atoms with Gasteiger partial charge in [0.1, 0.15) is 0 Å². The van der Waals surface area contributed by atoms with Crippen molar-refractivity contribution in [2.24, 2.45) is 0 Å². The van der Waals surface area contributed by atoms with Crippen molar-refractivity contribution in [1.29, 1.82) is 0 Å². The van der Waals surface area contributed by atoms with Crippen molar-refractivity contribution >= 4 is 23.5 Å². The normalized spacial score (nSPS) is 12.0. The zero-order valence-electron chi connectivity index (χ0n) is 13.1. The topological polar surface area (TPSA) is 61.8 Å². The van der Waals surface area contributed by atoms with Crippen LogP contribution < -0.4 is 9.47 Å². The molecule has 2 aromatic carbocycles. The molecule has 0 saturated heterocycles. The van der Waals surface area contributed by atoms with E-state index in [-0.39, 0.29) is 24.9 Å². The number of rotatable bonds is 6. The van der Waals surface area contributed by atoms with Crippen LogP contribution in [0.3, 0.4) is 0 Å². The first-order chi connectivity index (χ1) is 11.6. The summed E-state index contributed by atoms with van der Waals surface area (Å²) in [5.74, 6) is 0.611. The number of ether oxygens (including phenoxy) is 3. The van der Waals surface area contributed by atoms with E-state index in [1.54, 1.807) is 18.2 Å². The van der Waals surface area contributed by atoms with E-state index in [9.17, 15) is 9.59 Å². The second kappa shape index (κ2) is 7.40. The molecule has 0 amide bonds. The Labute approximate surface area is 143 Å². The fourth-order valence-corrected chi connectivity index (χ4v) is 3.02. The number of aryl methyl sites for hydroxylation is 1. The van der Waals surface area contributed by atoms with Crippen LogP contribution in [-0.2, 0) is 9.53 Å². The number of fused-ring (bicyclic) bond motifs is 1. The van der Waals surface area contributed by atoms with Gasteiger partial charge in [0, 0.05) is 10.5 Å². The highest BCUT2D eigenvalue weighted by molar-refractivity contribution is 8.00. The van der Waals surface area contributed by atoms with Gasteiger partial charge in [0.05, 0.1) is 5.75 Å². The van der Waals surface area contributed by atoms with E-state index in [1.807, 2.05) is 31.2 Å². The lowest BCUT2D eigenvalue weighted by atomic mass is 10.1. The Morgan fingerprint density at radius 1 is 1.12 bits per heavy atom. The summed E-state index contributed by atoms with van der Waals surface area (Å²) >= 11 is 1.40. The molecule has 124 valence electrons. The molecule has 5 nitrogen and oxygen atoms in total. The minimum Gasteiger partial charge on any atom is -0.457 e. The molecule has 0 saturated carbocycles. The number of esters is 1. The summed E-state index contributed by atoms with van der Waals surface area (Å²) in [7, 11) is 0. The molecule has 0 unspecified atom stereocenters. The van der Waals surface area contributed by atoms with Gasteiger partial charge in [0.15, 0.2) is 23.9 Å². The van der Waals surface area contributed by atoms with Crippen molar-refractivity contribution in [2.45, 2.75) is 11.8 Å². The second-order valence-electron chi connectivity index (χ2n) is 5.21. The predicted molar refractivity (Wildman–Crippen MR) is 89.8 cm³/mol. The van der Waals surface area contributed by atoms with Crippen LogP contribution in [0, 0.1) is 6.92 Å². The largest absolute Gasteiger partial charge is 0.457 e. The van der Waals surface area contributed by atoms with Gasteiger partial charge in [0.2, 0.25) is 6.79 Å². The number of carbonyl (C=O) groups excluding carboxylic acids is 2. The molecule has 0 radical (unpaired) electrons. The standard InChI is InChI=1S/C18H16O5S/c1-12-4-2-3-5-17(12)24-10-18(20)21-9-14(19)13-6-7-15-16(8-13)23-11-22-15/h2-8H,9-11H2,1H3. The third-order valence-electron chi connectivity index (χ3n) is 3.50. The maximum atomic E-state index is 12.1. The van der Waals surface area contributed by atoms with Gasteiger partial charge in [-0.2, -0.15) is 0 Å². The Morgan fingerprint density at radius 2 is 1.92 bits per heavy atom. The highest BCUT2D eigenvalue weighted by Gasteiger charge is 2.17. The van der Waals surface area contributed by atoms with Crippen LogP contribution in [0.1, 0.15) is 15.9 Å². The fourth-order valence-electron chi connectivity index (χ4n) is 2.20. The highest BCUT2D eigenvalue weighted by Crippen LogP contribution is 2.32. The lowest BCUT2D eigenvalue weighted by molar-refractivity contribution is -0.139. The van der Waals surface area contributed by atoms with E-state index in [2.05, 4.69) is 0 Å². The van der Waals surface area contributed by atoms with Gasteiger partial charge >= 0.3 is 5.97 Å². The molecule has 0 aliphatic carbocycles. The van der Waals surface area contributed by atoms with Crippen LogP contribution in [0.2, 0.25) is 0 Å². The zero-order chi connectivity index (χ0) is 16.9. The number of Topliss-reactive ketones (excluding diaryl/α,β-unsaturated/α-hetero) is 1. The quantitative estimate of drug-likeness (QED) is 0.455. The molecule has 2 aromatic rings. The molecule has 0 aromatic heterocycles. The van der Waals surface area contributed by atoms with Crippen LogP contribution in [0.5, 0.6) is 11.5 Å². The number of carbonyl (C=O) groups is 2. The molecule has 1 aliphatic heterocycles. The monoisotopic (exact) mass is 344 g/mol. The van der Waals surface area contributed by atoms with Crippen molar-refractivity contribution in [3.05, 3.63) is 53.6 Å². The minimum atomic E-state index is -0.419. The number of benzene rings is 2. The molecule has 0 N–H and O–H groups in total. The Kier molecular flexibility index (Phi) is 5.05. The molecule has 3 rings (SSSR count). The summed E-state index contributed by atoms with van der Waals surface area (Å²) in [6.45, 7) is 1.85. The van der Waals surface area contributed by atoms with Crippen molar-refractivity contribution in [3.8, 4) is 11.5 Å². The lowest BCUT2D eigenvalue weighted by Gasteiger charge is -2.06. The number of thioether (sulfide) groups is 1. The Bertz CT molecular complexity index is 772. The molecule has 0 fully saturated rings. The van der Waals surface area contributed by atoms with E-state index in [0.717, 1.165) is 10.5 Å². The first-order valence-corrected chi connectivity index (χ1v) is 8.39. The highest BCUT2D eigenvalue weighted by atomic mass is 32.2. The lowest BCUT2D eigenvalue weighted by Crippen LogP contribution is -2.15. The van der Waals surface area contributed by atoms with Crippen LogP contribution in [-0.4, -0.2) is 30.9 Å². The third kappa shape index (κ3) is 3.89.